The first-order valence-electron chi connectivity index (χ1n) is 7.17. The van der Waals surface area contributed by atoms with E-state index < -0.39 is 0 Å². The predicted molar refractivity (Wildman–Crippen MR) is 80.3 cm³/mol. The first-order valence-corrected chi connectivity index (χ1v) is 7.17. The maximum atomic E-state index is 9.27. The van der Waals surface area contributed by atoms with E-state index in [0.29, 0.717) is 25.4 Å². The van der Waals surface area contributed by atoms with Crippen LogP contribution in [-0.2, 0) is 4.74 Å². The van der Waals surface area contributed by atoms with Crippen LogP contribution >= 0.6 is 0 Å². The van der Waals surface area contributed by atoms with E-state index in [4.69, 9.17) is 15.2 Å². The molecule has 5 nitrogen and oxygen atoms in total. The average molecular weight is 280 g/mol. The summed E-state index contributed by atoms with van der Waals surface area (Å²) in [7, 11) is 0. The van der Waals surface area contributed by atoms with Crippen molar-refractivity contribution in [3.05, 3.63) is 18.2 Å². The highest BCUT2D eigenvalue weighted by Gasteiger charge is 2.27. The second kappa shape index (κ2) is 6.81. The Hall–Kier alpha value is -1.46. The van der Waals surface area contributed by atoms with Gasteiger partial charge in [-0.15, -0.1) is 0 Å². The van der Waals surface area contributed by atoms with Crippen molar-refractivity contribution >= 4 is 11.4 Å². The first-order chi connectivity index (χ1) is 9.67. The summed E-state index contributed by atoms with van der Waals surface area (Å²) in [6.45, 7) is 6.06. The van der Waals surface area contributed by atoms with Gasteiger partial charge in [-0.2, -0.15) is 0 Å². The van der Waals surface area contributed by atoms with E-state index in [-0.39, 0.29) is 18.8 Å². The zero-order valence-corrected chi connectivity index (χ0v) is 12.2. The zero-order chi connectivity index (χ0) is 14.5. The number of hydrogen-bond donors (Lipinski definition) is 2. The van der Waals surface area contributed by atoms with E-state index in [2.05, 4.69) is 18.7 Å². The molecule has 0 amide bonds. The summed E-state index contributed by atoms with van der Waals surface area (Å²) in [5, 5.41) is 9.27. The molecule has 1 aliphatic rings. The minimum Gasteiger partial charge on any atom is -0.491 e. The highest BCUT2D eigenvalue weighted by Crippen LogP contribution is 2.34. The number of anilines is 2. The molecule has 3 N–H and O–H groups in total. The molecule has 0 aliphatic carbocycles. The number of nitrogens with zero attached hydrogens (tertiary/aromatic N) is 1. The SMILES string of the molecule is CCCOc1cccc(N2CC(CO)OCC2C)c1N. The molecule has 0 aromatic heterocycles. The molecule has 2 atom stereocenters. The molecule has 1 aromatic rings. The van der Waals surface area contributed by atoms with E-state index in [1.807, 2.05) is 18.2 Å². The molecule has 1 heterocycles. The number of ether oxygens (including phenoxy) is 2. The number of benzene rings is 1. The van der Waals surface area contributed by atoms with Crippen LogP contribution in [0.2, 0.25) is 0 Å². The van der Waals surface area contributed by atoms with Crippen molar-refractivity contribution < 1.29 is 14.6 Å². The first kappa shape index (κ1) is 14.9. The Kier molecular flexibility index (Phi) is 5.09. The van der Waals surface area contributed by atoms with Crippen LogP contribution in [0.15, 0.2) is 18.2 Å². The highest BCUT2D eigenvalue weighted by atomic mass is 16.5. The maximum absolute atomic E-state index is 9.27. The number of aliphatic hydroxyl groups is 1. The van der Waals surface area contributed by atoms with E-state index in [9.17, 15) is 5.11 Å². The van der Waals surface area contributed by atoms with Crippen LogP contribution < -0.4 is 15.4 Å². The third-order valence-electron chi connectivity index (χ3n) is 3.52. The Morgan fingerprint density at radius 3 is 3.00 bits per heavy atom. The van der Waals surface area contributed by atoms with Crippen molar-refractivity contribution in [1.29, 1.82) is 0 Å². The van der Waals surface area contributed by atoms with Crippen molar-refractivity contribution in [2.45, 2.75) is 32.4 Å². The number of aliphatic hydroxyl groups excluding tert-OH is 1. The van der Waals surface area contributed by atoms with Crippen LogP contribution in [0.25, 0.3) is 0 Å². The van der Waals surface area contributed by atoms with Gasteiger partial charge in [0.1, 0.15) is 5.75 Å². The van der Waals surface area contributed by atoms with Crippen molar-refractivity contribution in [1.82, 2.24) is 0 Å². The Morgan fingerprint density at radius 2 is 2.30 bits per heavy atom. The molecule has 20 heavy (non-hydrogen) atoms. The van der Waals surface area contributed by atoms with Gasteiger partial charge in [0.2, 0.25) is 0 Å². The standard InChI is InChI=1S/C15H24N2O3/c1-3-7-19-14-6-4-5-13(15(14)16)17-8-12(9-18)20-10-11(17)2/h4-6,11-12,18H,3,7-10,16H2,1-2H3. The van der Waals surface area contributed by atoms with Gasteiger partial charge in [0, 0.05) is 12.6 Å². The Balaban J connectivity index is 2.22. The van der Waals surface area contributed by atoms with Crippen LogP contribution in [0.1, 0.15) is 20.3 Å². The predicted octanol–water partition coefficient (Wildman–Crippen LogP) is 1.64. The summed E-state index contributed by atoms with van der Waals surface area (Å²) in [5.41, 5.74) is 7.84. The highest BCUT2D eigenvalue weighted by molar-refractivity contribution is 5.74. The second-order valence-electron chi connectivity index (χ2n) is 5.18. The van der Waals surface area contributed by atoms with Gasteiger partial charge in [-0.1, -0.05) is 13.0 Å². The van der Waals surface area contributed by atoms with Crippen LogP contribution in [0.5, 0.6) is 5.75 Å². The number of morpholine rings is 1. The molecule has 112 valence electrons. The van der Waals surface area contributed by atoms with Gasteiger partial charge >= 0.3 is 0 Å². The van der Waals surface area contributed by atoms with Gasteiger partial charge in [0.15, 0.2) is 0 Å². The van der Waals surface area contributed by atoms with E-state index in [1.54, 1.807) is 0 Å². The van der Waals surface area contributed by atoms with E-state index >= 15 is 0 Å². The minimum atomic E-state index is -0.161. The van der Waals surface area contributed by atoms with Crippen molar-refractivity contribution in [2.24, 2.45) is 0 Å². The summed E-state index contributed by atoms with van der Waals surface area (Å²) in [6.07, 6.45) is 0.787. The molecule has 0 spiro atoms. The summed E-state index contributed by atoms with van der Waals surface area (Å²) in [4.78, 5) is 2.18. The minimum absolute atomic E-state index is 0.0230. The molecule has 5 heteroatoms. The molecule has 1 fully saturated rings. The van der Waals surface area contributed by atoms with Gasteiger partial charge in [0.05, 0.1) is 37.3 Å². The zero-order valence-electron chi connectivity index (χ0n) is 12.2. The number of hydrogen-bond acceptors (Lipinski definition) is 5. The summed E-state index contributed by atoms with van der Waals surface area (Å²) in [5.74, 6) is 0.726. The summed E-state index contributed by atoms with van der Waals surface area (Å²) in [6, 6.07) is 6.06. The van der Waals surface area contributed by atoms with E-state index in [0.717, 1.165) is 17.9 Å². The molecule has 1 saturated heterocycles. The molecule has 1 aromatic carbocycles. The van der Waals surface area contributed by atoms with Crippen molar-refractivity contribution in [2.75, 3.05) is 37.0 Å². The van der Waals surface area contributed by atoms with Gasteiger partial charge < -0.3 is 25.2 Å². The smallest absolute Gasteiger partial charge is 0.144 e. The Morgan fingerprint density at radius 1 is 1.50 bits per heavy atom. The quantitative estimate of drug-likeness (QED) is 0.803. The molecular formula is C15H24N2O3. The van der Waals surface area contributed by atoms with Gasteiger partial charge in [-0.3, -0.25) is 0 Å². The average Bonchev–Trinajstić information content (AvgIpc) is 2.47. The number of nitrogens with two attached hydrogens (primary N) is 1. The molecule has 2 rings (SSSR count). The fraction of sp³-hybridized carbons (Fsp3) is 0.600. The lowest BCUT2D eigenvalue weighted by atomic mass is 10.1. The van der Waals surface area contributed by atoms with Crippen LogP contribution in [0.4, 0.5) is 11.4 Å². The van der Waals surface area contributed by atoms with E-state index in [1.165, 1.54) is 0 Å². The third kappa shape index (κ3) is 3.16. The molecule has 0 radical (unpaired) electrons. The van der Waals surface area contributed by atoms with Crippen molar-refractivity contribution in [3.8, 4) is 5.75 Å². The summed E-state index contributed by atoms with van der Waals surface area (Å²) < 4.78 is 11.2. The van der Waals surface area contributed by atoms with Crippen molar-refractivity contribution in [3.63, 3.8) is 0 Å². The lowest BCUT2D eigenvalue weighted by molar-refractivity contribution is -0.0103. The fourth-order valence-corrected chi connectivity index (χ4v) is 2.38. The molecular weight excluding hydrogens is 256 g/mol. The van der Waals surface area contributed by atoms with Gasteiger partial charge in [0.25, 0.3) is 0 Å². The van der Waals surface area contributed by atoms with Crippen LogP contribution in [0.3, 0.4) is 0 Å². The third-order valence-corrected chi connectivity index (χ3v) is 3.52. The lowest BCUT2D eigenvalue weighted by Gasteiger charge is -2.39. The molecule has 1 aliphatic heterocycles. The number of para-hydroxylation sites is 1. The normalized spacial score (nSPS) is 22.9. The molecule has 0 saturated carbocycles. The van der Waals surface area contributed by atoms with Crippen LogP contribution in [-0.4, -0.2) is 43.6 Å². The molecule has 0 bridgehead atoms. The second-order valence-corrected chi connectivity index (χ2v) is 5.18. The number of rotatable bonds is 5. The fourth-order valence-electron chi connectivity index (χ4n) is 2.38. The Labute approximate surface area is 120 Å². The maximum Gasteiger partial charge on any atom is 0.144 e. The number of nitrogen functional groups attached to an aromatic ring is 1. The van der Waals surface area contributed by atoms with Gasteiger partial charge in [-0.25, -0.2) is 0 Å². The lowest BCUT2D eigenvalue weighted by Crippen LogP contribution is -2.49. The molecule has 2 unspecified atom stereocenters. The monoisotopic (exact) mass is 280 g/mol. The Bertz CT molecular complexity index is 439. The van der Waals surface area contributed by atoms with Gasteiger partial charge in [-0.05, 0) is 25.5 Å². The summed E-state index contributed by atoms with van der Waals surface area (Å²) >= 11 is 0. The van der Waals surface area contributed by atoms with Crippen LogP contribution in [0, 0.1) is 0 Å². The largest absolute Gasteiger partial charge is 0.491 e. The topological polar surface area (TPSA) is 68.0 Å².